The summed E-state index contributed by atoms with van der Waals surface area (Å²) in [7, 11) is 0. The van der Waals surface area contributed by atoms with Gasteiger partial charge in [-0.2, -0.15) is 4.68 Å². The molecule has 0 aliphatic carbocycles. The van der Waals surface area contributed by atoms with E-state index in [2.05, 4.69) is 53.7 Å². The van der Waals surface area contributed by atoms with Crippen LogP contribution in [-0.4, -0.2) is 26.2 Å². The summed E-state index contributed by atoms with van der Waals surface area (Å²) < 4.78 is 1.74. The van der Waals surface area contributed by atoms with Crippen molar-refractivity contribution in [1.82, 2.24) is 20.2 Å². The van der Waals surface area contributed by atoms with E-state index in [4.69, 9.17) is 0 Å². The van der Waals surface area contributed by atoms with E-state index in [-0.39, 0.29) is 0 Å². The van der Waals surface area contributed by atoms with Crippen LogP contribution in [0.15, 0.2) is 24.3 Å². The molecular formula is C14H21N5. The largest absolute Gasteiger partial charge is 0.382 e. The third-order valence-corrected chi connectivity index (χ3v) is 3.31. The number of anilines is 1. The van der Waals surface area contributed by atoms with E-state index < -0.39 is 0 Å². The Labute approximate surface area is 114 Å². The van der Waals surface area contributed by atoms with Gasteiger partial charge in [0.25, 0.3) is 0 Å². The molecule has 0 bridgehead atoms. The van der Waals surface area contributed by atoms with Crippen LogP contribution in [0, 0.1) is 12.8 Å². The molecule has 0 aliphatic rings. The zero-order valence-electron chi connectivity index (χ0n) is 12.0. The van der Waals surface area contributed by atoms with Crippen molar-refractivity contribution in [1.29, 1.82) is 0 Å². The Bertz CT molecular complexity index is 532. The molecule has 0 spiro atoms. The molecule has 0 aliphatic heterocycles. The highest BCUT2D eigenvalue weighted by Crippen LogP contribution is 2.18. The Kier molecular flexibility index (Phi) is 4.14. The van der Waals surface area contributed by atoms with Gasteiger partial charge in [-0.15, -0.1) is 5.10 Å². The molecule has 1 aromatic heterocycles. The van der Waals surface area contributed by atoms with Crippen LogP contribution in [-0.2, 0) is 0 Å². The molecule has 1 heterocycles. The summed E-state index contributed by atoms with van der Waals surface area (Å²) in [6, 6.07) is 8.66. The van der Waals surface area contributed by atoms with Gasteiger partial charge in [0, 0.05) is 11.7 Å². The lowest BCUT2D eigenvalue weighted by Gasteiger charge is -2.22. The van der Waals surface area contributed by atoms with Crippen LogP contribution < -0.4 is 5.32 Å². The summed E-state index contributed by atoms with van der Waals surface area (Å²) in [5.74, 6) is 1.39. The highest BCUT2D eigenvalue weighted by atomic mass is 15.5. The second-order valence-electron chi connectivity index (χ2n) is 5.09. The molecule has 2 rings (SSSR count). The molecular weight excluding hydrogens is 238 g/mol. The number of hydrogen-bond acceptors (Lipinski definition) is 4. The molecule has 2 aromatic rings. The maximum atomic E-state index is 3.99. The van der Waals surface area contributed by atoms with Gasteiger partial charge in [-0.3, -0.25) is 0 Å². The fraction of sp³-hybridized carbons (Fsp3) is 0.500. The second-order valence-corrected chi connectivity index (χ2v) is 5.09. The molecule has 102 valence electrons. The average Bonchev–Trinajstić information content (AvgIpc) is 2.82. The number of nitrogens with zero attached hydrogens (tertiary/aromatic N) is 4. The van der Waals surface area contributed by atoms with Crippen LogP contribution in [0.3, 0.4) is 0 Å². The van der Waals surface area contributed by atoms with E-state index in [1.165, 1.54) is 0 Å². The maximum Gasteiger partial charge on any atom is 0.153 e. The van der Waals surface area contributed by atoms with Crippen molar-refractivity contribution in [2.75, 3.05) is 5.32 Å². The second kappa shape index (κ2) is 5.82. The predicted molar refractivity (Wildman–Crippen MR) is 76.4 cm³/mol. The normalized spacial score (nSPS) is 12.7. The van der Waals surface area contributed by atoms with Gasteiger partial charge < -0.3 is 5.32 Å². The summed E-state index contributed by atoms with van der Waals surface area (Å²) >= 11 is 0. The zero-order chi connectivity index (χ0) is 13.8. The Morgan fingerprint density at radius 1 is 1.32 bits per heavy atom. The first kappa shape index (κ1) is 13.5. The molecule has 1 N–H and O–H groups in total. The van der Waals surface area contributed by atoms with Crippen LogP contribution in [0.25, 0.3) is 5.69 Å². The minimum atomic E-state index is 0.477. The molecule has 0 saturated carbocycles. The minimum absolute atomic E-state index is 0.477. The minimum Gasteiger partial charge on any atom is -0.382 e. The third kappa shape index (κ3) is 3.10. The fourth-order valence-corrected chi connectivity index (χ4v) is 2.15. The number of hydrogen-bond donors (Lipinski definition) is 1. The summed E-state index contributed by atoms with van der Waals surface area (Å²) in [6.45, 7) is 8.56. The van der Waals surface area contributed by atoms with Gasteiger partial charge in [0.15, 0.2) is 5.82 Å². The molecule has 0 saturated heterocycles. The maximum absolute atomic E-state index is 3.99. The number of rotatable bonds is 5. The Morgan fingerprint density at radius 3 is 2.68 bits per heavy atom. The van der Waals surface area contributed by atoms with E-state index in [0.717, 1.165) is 23.6 Å². The SMILES string of the molecule is CCC(Nc1cccc(-n2nnnc2C)c1)C(C)C. The van der Waals surface area contributed by atoms with E-state index in [1.807, 2.05) is 19.1 Å². The van der Waals surface area contributed by atoms with Crippen LogP contribution in [0.4, 0.5) is 5.69 Å². The van der Waals surface area contributed by atoms with Gasteiger partial charge in [0.2, 0.25) is 0 Å². The predicted octanol–water partition coefficient (Wildman–Crippen LogP) is 2.82. The van der Waals surface area contributed by atoms with Crippen molar-refractivity contribution in [2.24, 2.45) is 5.92 Å². The van der Waals surface area contributed by atoms with Gasteiger partial charge in [0.1, 0.15) is 0 Å². The lowest BCUT2D eigenvalue weighted by atomic mass is 10.0. The van der Waals surface area contributed by atoms with E-state index in [1.54, 1.807) is 4.68 Å². The first-order valence-corrected chi connectivity index (χ1v) is 6.73. The summed E-state index contributed by atoms with van der Waals surface area (Å²) in [5, 5.41) is 15.1. The third-order valence-electron chi connectivity index (χ3n) is 3.31. The van der Waals surface area contributed by atoms with E-state index >= 15 is 0 Å². The van der Waals surface area contributed by atoms with Gasteiger partial charge in [-0.25, -0.2) is 0 Å². The van der Waals surface area contributed by atoms with E-state index in [9.17, 15) is 0 Å². The van der Waals surface area contributed by atoms with Crippen molar-refractivity contribution < 1.29 is 0 Å². The van der Waals surface area contributed by atoms with Gasteiger partial charge in [0.05, 0.1) is 5.69 Å². The fourth-order valence-electron chi connectivity index (χ4n) is 2.15. The average molecular weight is 259 g/mol. The van der Waals surface area contributed by atoms with Crippen LogP contribution in [0.5, 0.6) is 0 Å². The summed E-state index contributed by atoms with van der Waals surface area (Å²) in [6.07, 6.45) is 1.10. The Hall–Kier alpha value is -1.91. The zero-order valence-corrected chi connectivity index (χ0v) is 12.0. The van der Waals surface area contributed by atoms with Crippen molar-refractivity contribution in [2.45, 2.75) is 40.2 Å². The molecule has 0 radical (unpaired) electrons. The van der Waals surface area contributed by atoms with Crippen molar-refractivity contribution in [3.8, 4) is 5.69 Å². The molecule has 1 aromatic carbocycles. The molecule has 1 atom stereocenters. The molecule has 5 nitrogen and oxygen atoms in total. The van der Waals surface area contributed by atoms with Crippen LogP contribution in [0.2, 0.25) is 0 Å². The van der Waals surface area contributed by atoms with E-state index in [0.29, 0.717) is 12.0 Å². The number of tetrazole rings is 1. The Morgan fingerprint density at radius 2 is 2.11 bits per heavy atom. The number of aromatic nitrogens is 4. The molecule has 1 unspecified atom stereocenters. The van der Waals surface area contributed by atoms with Gasteiger partial charge >= 0.3 is 0 Å². The van der Waals surface area contributed by atoms with Gasteiger partial charge in [-0.1, -0.05) is 26.8 Å². The quantitative estimate of drug-likeness (QED) is 0.897. The monoisotopic (exact) mass is 259 g/mol. The first-order valence-electron chi connectivity index (χ1n) is 6.73. The molecule has 0 amide bonds. The highest BCUT2D eigenvalue weighted by Gasteiger charge is 2.11. The Balaban J connectivity index is 2.23. The highest BCUT2D eigenvalue weighted by molar-refractivity contribution is 5.51. The number of benzene rings is 1. The van der Waals surface area contributed by atoms with Crippen LogP contribution >= 0.6 is 0 Å². The molecule has 5 heteroatoms. The topological polar surface area (TPSA) is 55.6 Å². The number of aryl methyl sites for hydroxylation is 1. The first-order chi connectivity index (χ1) is 9.11. The lowest BCUT2D eigenvalue weighted by molar-refractivity contribution is 0.511. The molecule has 0 fully saturated rings. The summed E-state index contributed by atoms with van der Waals surface area (Å²) in [5.41, 5.74) is 2.08. The lowest BCUT2D eigenvalue weighted by Crippen LogP contribution is -2.24. The number of nitrogens with one attached hydrogen (secondary N) is 1. The van der Waals surface area contributed by atoms with Crippen LogP contribution in [0.1, 0.15) is 33.0 Å². The molecule has 19 heavy (non-hydrogen) atoms. The van der Waals surface area contributed by atoms with Crippen molar-refractivity contribution >= 4 is 5.69 Å². The smallest absolute Gasteiger partial charge is 0.153 e. The van der Waals surface area contributed by atoms with Crippen molar-refractivity contribution in [3.05, 3.63) is 30.1 Å². The van der Waals surface area contributed by atoms with Crippen molar-refractivity contribution in [3.63, 3.8) is 0 Å². The van der Waals surface area contributed by atoms with Gasteiger partial charge in [-0.05, 0) is 47.9 Å². The summed E-state index contributed by atoms with van der Waals surface area (Å²) in [4.78, 5) is 0. The standard InChI is InChI=1S/C14H21N5/c1-5-14(10(2)3)15-12-7-6-8-13(9-12)19-11(4)16-17-18-19/h6-10,14-15H,5H2,1-4H3.